The standard InChI is InChI=1S/C25H27N3O3/c1-28(24(19-9-4-3-5-10-19)22-11-6-7-17-26-22)23(29)12-8-18-27-25(30)20-13-15-21(31-2)16-14-20/h3-7,9-11,13-17,24H,8,12,18H2,1-2H3,(H,27,30). The summed E-state index contributed by atoms with van der Waals surface area (Å²) in [5, 5.41) is 2.86. The van der Waals surface area contributed by atoms with Gasteiger partial charge in [-0.2, -0.15) is 0 Å². The number of benzene rings is 2. The van der Waals surface area contributed by atoms with Crippen LogP contribution in [0.3, 0.4) is 0 Å². The third-order valence-corrected chi connectivity index (χ3v) is 5.07. The molecule has 160 valence electrons. The van der Waals surface area contributed by atoms with Gasteiger partial charge in [-0.05, 0) is 48.4 Å². The van der Waals surface area contributed by atoms with Crippen molar-refractivity contribution in [2.45, 2.75) is 18.9 Å². The Bertz CT molecular complexity index is 936. The summed E-state index contributed by atoms with van der Waals surface area (Å²) in [5.74, 6) is 0.531. The van der Waals surface area contributed by atoms with Gasteiger partial charge in [-0.25, -0.2) is 0 Å². The van der Waals surface area contributed by atoms with E-state index in [4.69, 9.17) is 4.74 Å². The zero-order chi connectivity index (χ0) is 22.1. The fraction of sp³-hybridized carbons (Fsp3) is 0.240. The number of nitrogens with zero attached hydrogens (tertiary/aromatic N) is 2. The molecule has 3 rings (SSSR count). The molecule has 0 saturated heterocycles. The first-order valence-electron chi connectivity index (χ1n) is 10.2. The minimum Gasteiger partial charge on any atom is -0.497 e. The van der Waals surface area contributed by atoms with Crippen molar-refractivity contribution in [3.05, 3.63) is 95.8 Å². The summed E-state index contributed by atoms with van der Waals surface area (Å²) in [6.45, 7) is 0.421. The molecule has 1 heterocycles. The highest BCUT2D eigenvalue weighted by molar-refractivity contribution is 5.94. The zero-order valence-electron chi connectivity index (χ0n) is 17.8. The number of hydrogen-bond donors (Lipinski definition) is 1. The number of pyridine rings is 1. The Morgan fingerprint density at radius 2 is 1.71 bits per heavy atom. The van der Waals surface area contributed by atoms with Gasteiger partial charge in [0.1, 0.15) is 5.75 Å². The van der Waals surface area contributed by atoms with Gasteiger partial charge in [0, 0.05) is 31.8 Å². The number of carbonyl (C=O) groups excluding carboxylic acids is 2. The fourth-order valence-electron chi connectivity index (χ4n) is 3.37. The molecule has 0 aliphatic heterocycles. The summed E-state index contributed by atoms with van der Waals surface area (Å²) < 4.78 is 5.10. The molecule has 6 heteroatoms. The highest BCUT2D eigenvalue weighted by Crippen LogP contribution is 2.26. The first-order valence-corrected chi connectivity index (χ1v) is 10.2. The maximum atomic E-state index is 12.9. The van der Waals surface area contributed by atoms with E-state index in [0.29, 0.717) is 30.7 Å². The van der Waals surface area contributed by atoms with E-state index < -0.39 is 0 Å². The van der Waals surface area contributed by atoms with E-state index in [1.165, 1.54) is 0 Å². The zero-order valence-corrected chi connectivity index (χ0v) is 17.8. The number of hydrogen-bond acceptors (Lipinski definition) is 4. The first kappa shape index (κ1) is 22.0. The second-order valence-corrected chi connectivity index (χ2v) is 7.16. The van der Waals surface area contributed by atoms with Crippen molar-refractivity contribution in [2.75, 3.05) is 20.7 Å². The summed E-state index contributed by atoms with van der Waals surface area (Å²) >= 11 is 0. The molecule has 0 aliphatic carbocycles. The van der Waals surface area contributed by atoms with Gasteiger partial charge in [0.15, 0.2) is 0 Å². The molecule has 3 aromatic rings. The lowest BCUT2D eigenvalue weighted by Crippen LogP contribution is -2.33. The number of aromatic nitrogens is 1. The van der Waals surface area contributed by atoms with E-state index in [1.807, 2.05) is 48.5 Å². The molecule has 31 heavy (non-hydrogen) atoms. The van der Waals surface area contributed by atoms with Crippen LogP contribution in [0, 0.1) is 0 Å². The number of rotatable bonds is 9. The quantitative estimate of drug-likeness (QED) is 0.537. The van der Waals surface area contributed by atoms with Crippen LogP contribution in [0.15, 0.2) is 79.0 Å². The summed E-state index contributed by atoms with van der Waals surface area (Å²) in [6.07, 6.45) is 2.61. The molecule has 1 atom stereocenters. The Balaban J connectivity index is 1.56. The molecule has 2 amide bonds. The lowest BCUT2D eigenvalue weighted by Gasteiger charge is -2.28. The molecule has 0 saturated carbocycles. The van der Waals surface area contributed by atoms with Crippen LogP contribution in [0.2, 0.25) is 0 Å². The van der Waals surface area contributed by atoms with Gasteiger partial charge in [-0.3, -0.25) is 14.6 Å². The minimum absolute atomic E-state index is 0.00166. The normalized spacial score (nSPS) is 11.4. The van der Waals surface area contributed by atoms with Crippen LogP contribution in [0.5, 0.6) is 5.75 Å². The van der Waals surface area contributed by atoms with Crippen molar-refractivity contribution in [1.29, 1.82) is 0 Å². The van der Waals surface area contributed by atoms with Crippen molar-refractivity contribution in [1.82, 2.24) is 15.2 Å². The molecule has 1 unspecified atom stereocenters. The summed E-state index contributed by atoms with van der Waals surface area (Å²) in [7, 11) is 3.38. The second kappa shape index (κ2) is 10.9. The maximum Gasteiger partial charge on any atom is 0.251 e. The van der Waals surface area contributed by atoms with E-state index in [9.17, 15) is 9.59 Å². The second-order valence-electron chi connectivity index (χ2n) is 7.16. The predicted molar refractivity (Wildman–Crippen MR) is 120 cm³/mol. The Morgan fingerprint density at radius 3 is 2.35 bits per heavy atom. The monoisotopic (exact) mass is 417 g/mol. The highest BCUT2D eigenvalue weighted by atomic mass is 16.5. The lowest BCUT2D eigenvalue weighted by atomic mass is 10.0. The van der Waals surface area contributed by atoms with Crippen molar-refractivity contribution in [3.8, 4) is 5.75 Å². The van der Waals surface area contributed by atoms with Crippen LogP contribution >= 0.6 is 0 Å². The SMILES string of the molecule is COc1ccc(C(=O)NCCCC(=O)N(C)C(c2ccccc2)c2ccccn2)cc1. The third kappa shape index (κ3) is 5.92. The van der Waals surface area contributed by atoms with E-state index in [2.05, 4.69) is 10.3 Å². The molecule has 1 aromatic heterocycles. The van der Waals surface area contributed by atoms with Crippen molar-refractivity contribution < 1.29 is 14.3 Å². The smallest absolute Gasteiger partial charge is 0.251 e. The molecule has 1 N–H and O–H groups in total. The van der Waals surface area contributed by atoms with Gasteiger partial charge in [0.2, 0.25) is 5.91 Å². The van der Waals surface area contributed by atoms with Crippen LogP contribution in [-0.2, 0) is 4.79 Å². The third-order valence-electron chi connectivity index (χ3n) is 5.07. The largest absolute Gasteiger partial charge is 0.497 e. The highest BCUT2D eigenvalue weighted by Gasteiger charge is 2.24. The predicted octanol–water partition coefficient (Wildman–Crippen LogP) is 3.85. The van der Waals surface area contributed by atoms with E-state index in [0.717, 1.165) is 11.3 Å². The molecule has 0 bridgehead atoms. The molecule has 2 aromatic carbocycles. The number of carbonyl (C=O) groups is 2. The Kier molecular flexibility index (Phi) is 7.76. The van der Waals surface area contributed by atoms with E-state index >= 15 is 0 Å². The summed E-state index contributed by atoms with van der Waals surface area (Å²) in [4.78, 5) is 31.3. The molecule has 6 nitrogen and oxygen atoms in total. The molecule has 0 fully saturated rings. The Hall–Kier alpha value is -3.67. The number of nitrogens with one attached hydrogen (secondary N) is 1. The van der Waals surface area contributed by atoms with Gasteiger partial charge >= 0.3 is 0 Å². The lowest BCUT2D eigenvalue weighted by molar-refractivity contribution is -0.131. The van der Waals surface area contributed by atoms with Gasteiger partial charge in [-0.1, -0.05) is 36.4 Å². The van der Waals surface area contributed by atoms with Gasteiger partial charge < -0.3 is 15.0 Å². The number of amides is 2. The van der Waals surface area contributed by atoms with Crippen LogP contribution in [-0.4, -0.2) is 42.4 Å². The topological polar surface area (TPSA) is 71.5 Å². The van der Waals surface area contributed by atoms with Gasteiger partial charge in [0.25, 0.3) is 5.91 Å². The van der Waals surface area contributed by atoms with Crippen LogP contribution in [0.4, 0.5) is 0 Å². The summed E-state index contributed by atoms with van der Waals surface area (Å²) in [5.41, 5.74) is 2.38. The Morgan fingerprint density at radius 1 is 1.00 bits per heavy atom. The van der Waals surface area contributed by atoms with Gasteiger partial charge in [-0.15, -0.1) is 0 Å². The Labute approximate surface area is 182 Å². The number of methoxy groups -OCH3 is 1. The molecular weight excluding hydrogens is 390 g/mol. The van der Waals surface area contributed by atoms with Crippen molar-refractivity contribution in [2.24, 2.45) is 0 Å². The molecular formula is C25H27N3O3. The van der Waals surface area contributed by atoms with Crippen LogP contribution in [0.25, 0.3) is 0 Å². The maximum absolute atomic E-state index is 12.9. The van der Waals surface area contributed by atoms with Crippen molar-refractivity contribution >= 4 is 11.8 Å². The van der Waals surface area contributed by atoms with E-state index in [1.54, 1.807) is 49.5 Å². The van der Waals surface area contributed by atoms with Crippen LogP contribution in [0.1, 0.15) is 40.5 Å². The minimum atomic E-state index is -0.260. The summed E-state index contributed by atoms with van der Waals surface area (Å²) in [6, 6.07) is 22.2. The van der Waals surface area contributed by atoms with E-state index in [-0.39, 0.29) is 17.9 Å². The average Bonchev–Trinajstić information content (AvgIpc) is 2.83. The molecule has 0 spiro atoms. The van der Waals surface area contributed by atoms with Gasteiger partial charge in [0.05, 0.1) is 18.8 Å². The average molecular weight is 418 g/mol. The number of ether oxygens (including phenoxy) is 1. The molecule has 0 radical (unpaired) electrons. The van der Waals surface area contributed by atoms with Crippen molar-refractivity contribution in [3.63, 3.8) is 0 Å². The molecule has 0 aliphatic rings. The fourth-order valence-corrected chi connectivity index (χ4v) is 3.37. The first-order chi connectivity index (χ1) is 15.1. The van der Waals surface area contributed by atoms with Crippen LogP contribution < -0.4 is 10.1 Å².